The van der Waals surface area contributed by atoms with Crippen molar-refractivity contribution in [3.8, 4) is 0 Å². The molecule has 13 rings (SSSR count). The van der Waals surface area contributed by atoms with E-state index in [1.165, 1.54) is 0 Å². The van der Waals surface area contributed by atoms with E-state index >= 15 is 0 Å². The van der Waals surface area contributed by atoms with E-state index in [4.69, 9.17) is 30.0 Å². The van der Waals surface area contributed by atoms with Gasteiger partial charge in [-0.3, -0.25) is 0 Å². The van der Waals surface area contributed by atoms with Crippen molar-refractivity contribution in [2.24, 2.45) is 30.0 Å². The third-order valence-corrected chi connectivity index (χ3v) is 11.8. The minimum absolute atomic E-state index is 0.543. The number of fused-ring (bicyclic) bond motifs is 20. The van der Waals surface area contributed by atoms with E-state index in [2.05, 4.69) is 146 Å². The van der Waals surface area contributed by atoms with Gasteiger partial charge < -0.3 is 0 Å². The van der Waals surface area contributed by atoms with Crippen molar-refractivity contribution in [1.29, 1.82) is 0 Å². The van der Waals surface area contributed by atoms with Gasteiger partial charge in [0, 0.05) is 56.7 Å². The highest BCUT2D eigenvalue weighted by atomic mass is 15.1. The fraction of sp³-hybridized carbons (Fsp3) is 0.0400. The molecule has 8 aromatic carbocycles. The maximum atomic E-state index is 5.44. The lowest BCUT2D eigenvalue weighted by atomic mass is 10.0. The lowest BCUT2D eigenvalue weighted by molar-refractivity contribution is 1.30. The summed E-state index contributed by atoms with van der Waals surface area (Å²) in [5, 5.41) is 11.3. The van der Waals surface area contributed by atoms with Crippen LogP contribution in [-0.2, 0) is 0 Å². The molecule has 0 N–H and O–H groups in total. The second-order valence-electron chi connectivity index (χ2n) is 15.1. The van der Waals surface area contributed by atoms with Crippen molar-refractivity contribution < 1.29 is 0 Å². The fourth-order valence-electron chi connectivity index (χ4n) is 9.05. The van der Waals surface area contributed by atoms with Crippen LogP contribution < -0.4 is 10.4 Å². The van der Waals surface area contributed by atoms with E-state index in [1.54, 1.807) is 0 Å². The van der Waals surface area contributed by atoms with E-state index < -0.39 is 0 Å². The summed E-state index contributed by atoms with van der Waals surface area (Å²) in [7, 11) is 0. The minimum atomic E-state index is 0.543. The van der Waals surface area contributed by atoms with Crippen LogP contribution in [0.5, 0.6) is 0 Å². The van der Waals surface area contributed by atoms with E-state index in [0.29, 0.717) is 36.2 Å². The number of hydrogen-bond acceptors (Lipinski definition) is 6. The van der Waals surface area contributed by atoms with Crippen molar-refractivity contribution in [3.63, 3.8) is 0 Å². The molecule has 2 aliphatic carbocycles. The first-order valence-corrected chi connectivity index (χ1v) is 19.0. The van der Waals surface area contributed by atoms with E-state index in [0.717, 1.165) is 110 Å². The summed E-state index contributed by atoms with van der Waals surface area (Å²) in [5.41, 5.74) is 9.81. The predicted molar refractivity (Wildman–Crippen MR) is 230 cm³/mol. The number of rotatable bonds is 0. The molecule has 5 aliphatic rings. The Morgan fingerprint density at radius 1 is 0.268 bits per heavy atom. The average molecular weight is 713 g/mol. The Labute approximate surface area is 320 Å². The van der Waals surface area contributed by atoms with Crippen molar-refractivity contribution in [1.82, 2.24) is 0 Å². The number of nitrogens with zero attached hydrogens (tertiary/aromatic N) is 6. The normalized spacial score (nSPS) is 16.3. The molecular weight excluding hydrogens is 685 g/mol. The monoisotopic (exact) mass is 712 g/mol. The van der Waals surface area contributed by atoms with E-state index in [1.807, 2.05) is 0 Å². The van der Waals surface area contributed by atoms with Gasteiger partial charge in [-0.05, 0) is 91.6 Å². The average Bonchev–Trinajstić information content (AvgIpc) is 3.95. The number of aliphatic imine (C=N–C) groups is 6. The zero-order valence-electron chi connectivity index (χ0n) is 30.0. The van der Waals surface area contributed by atoms with Gasteiger partial charge in [-0.25, -0.2) is 30.0 Å². The smallest absolute Gasteiger partial charge is 0.162 e. The molecule has 0 aromatic heterocycles. The molecule has 8 aromatic rings. The molecule has 258 valence electrons. The molecule has 6 nitrogen and oxygen atoms in total. The first-order valence-electron chi connectivity index (χ1n) is 19.0. The minimum Gasteiger partial charge on any atom is -0.232 e. The van der Waals surface area contributed by atoms with Gasteiger partial charge >= 0.3 is 0 Å². The molecule has 0 spiro atoms. The second kappa shape index (κ2) is 11.1. The highest BCUT2D eigenvalue weighted by Crippen LogP contribution is 2.35. The Morgan fingerprint density at radius 3 is 0.893 bits per heavy atom. The first-order chi connectivity index (χ1) is 27.7. The Balaban J connectivity index is 1.15. The zero-order chi connectivity index (χ0) is 36.5. The third kappa shape index (κ3) is 4.38. The fourth-order valence-corrected chi connectivity index (χ4v) is 9.05. The van der Waals surface area contributed by atoms with E-state index in [-0.39, 0.29) is 0 Å². The second-order valence-corrected chi connectivity index (χ2v) is 15.1. The molecule has 56 heavy (non-hydrogen) atoms. The molecule has 0 amide bonds. The summed E-state index contributed by atoms with van der Waals surface area (Å²) in [6, 6.07) is 51.8. The summed E-state index contributed by atoms with van der Waals surface area (Å²) in [5.74, 6) is 2.68. The van der Waals surface area contributed by atoms with Crippen molar-refractivity contribution in [2.45, 2.75) is 12.8 Å². The maximum absolute atomic E-state index is 5.44. The summed E-state index contributed by atoms with van der Waals surface area (Å²) < 4.78 is 0. The summed E-state index contributed by atoms with van der Waals surface area (Å²) in [6.45, 7) is 0. The first kappa shape index (κ1) is 29.9. The van der Waals surface area contributed by atoms with Crippen LogP contribution in [0.3, 0.4) is 0 Å². The van der Waals surface area contributed by atoms with Gasteiger partial charge in [-0.15, -0.1) is 0 Å². The largest absolute Gasteiger partial charge is 0.232 e. The molecule has 3 heterocycles. The zero-order valence-corrected chi connectivity index (χ0v) is 30.0. The van der Waals surface area contributed by atoms with Gasteiger partial charge in [0.2, 0.25) is 0 Å². The van der Waals surface area contributed by atoms with Gasteiger partial charge in [0.15, 0.2) is 23.3 Å². The molecule has 0 fully saturated rings. The van der Waals surface area contributed by atoms with Gasteiger partial charge in [0.05, 0.1) is 22.8 Å². The highest BCUT2D eigenvalue weighted by molar-refractivity contribution is 6.36. The summed E-state index contributed by atoms with van der Waals surface area (Å²) >= 11 is 0. The van der Waals surface area contributed by atoms with Crippen molar-refractivity contribution >= 4 is 89.2 Å². The number of hydrogen-bond donors (Lipinski definition) is 0. The Kier molecular flexibility index (Phi) is 5.91. The summed E-state index contributed by atoms with van der Waals surface area (Å²) in [4.78, 5) is 32.3. The Hall–Kier alpha value is -7.44. The molecule has 0 unspecified atom stereocenters. The highest BCUT2D eigenvalue weighted by Gasteiger charge is 2.31. The van der Waals surface area contributed by atoms with Crippen LogP contribution in [-0.4, -0.2) is 34.8 Å². The van der Waals surface area contributed by atoms with Crippen LogP contribution >= 0.6 is 0 Å². The maximum Gasteiger partial charge on any atom is 0.162 e. The van der Waals surface area contributed by atoms with Crippen molar-refractivity contribution in [3.05, 3.63) is 189 Å². The SMILES string of the molecule is c1ccc2cc3c(cc2c1)C1=NC2=NC(=NC4=c5cc6ccccc6cc5=C(C4)N=C4N=C(N=C3C1)c1cc3ccccc3cc14)c1cc3ccccc3cc12. The number of amidine groups is 4. The standard InChI is InChI=1S/C50H28N6/c1-2-10-28-18-36-35(17-27(28)9-1)43-25-44(36)52-48-41-23-33-15-7-8-16-34(33)24-42(41)50(56-48)54-46-26-45(37-19-29-11-3-4-12-30(29)20-38(37)46)53-49-40-22-32-14-6-5-13-31(32)21-39(40)47(51-43)55-49/h1-24H,25-26H2. The predicted octanol–water partition coefficient (Wildman–Crippen LogP) is 9.03. The molecule has 0 saturated heterocycles. The Bertz CT molecular complexity index is 3290. The molecule has 0 radical (unpaired) electrons. The van der Waals surface area contributed by atoms with Crippen LogP contribution in [0.25, 0.3) is 54.5 Å². The molecular formula is C50H28N6. The molecule has 0 atom stereocenters. The quantitative estimate of drug-likeness (QED) is 0.151. The van der Waals surface area contributed by atoms with Crippen LogP contribution in [0.4, 0.5) is 0 Å². The van der Waals surface area contributed by atoms with Crippen LogP contribution in [0.1, 0.15) is 46.2 Å². The molecule has 3 aliphatic heterocycles. The topological polar surface area (TPSA) is 74.2 Å². The molecule has 8 bridgehead atoms. The lowest BCUT2D eigenvalue weighted by Gasteiger charge is -2.06. The third-order valence-electron chi connectivity index (χ3n) is 11.8. The van der Waals surface area contributed by atoms with Crippen LogP contribution in [0.2, 0.25) is 0 Å². The number of benzene rings is 8. The van der Waals surface area contributed by atoms with Gasteiger partial charge in [-0.2, -0.15) is 0 Å². The Morgan fingerprint density at radius 2 is 0.554 bits per heavy atom. The van der Waals surface area contributed by atoms with Gasteiger partial charge in [0.1, 0.15) is 0 Å². The van der Waals surface area contributed by atoms with Crippen LogP contribution in [0, 0.1) is 0 Å². The lowest BCUT2D eigenvalue weighted by Crippen LogP contribution is -2.24. The van der Waals surface area contributed by atoms with Gasteiger partial charge in [-0.1, -0.05) is 97.1 Å². The molecule has 6 heteroatoms. The van der Waals surface area contributed by atoms with Crippen molar-refractivity contribution in [2.75, 3.05) is 0 Å². The summed E-state index contributed by atoms with van der Waals surface area (Å²) in [6.07, 6.45) is 1.09. The van der Waals surface area contributed by atoms with E-state index in [9.17, 15) is 0 Å². The van der Waals surface area contributed by atoms with Crippen LogP contribution in [0.15, 0.2) is 176 Å². The van der Waals surface area contributed by atoms with Gasteiger partial charge in [0.25, 0.3) is 0 Å². The molecule has 0 saturated carbocycles.